The third-order valence-electron chi connectivity index (χ3n) is 15.5. The first-order chi connectivity index (χ1) is 36.0. The summed E-state index contributed by atoms with van der Waals surface area (Å²) in [6.45, 7) is 4.97. The summed E-state index contributed by atoms with van der Waals surface area (Å²) in [6.07, 6.45) is 77.8. The molecule has 0 aromatic rings. The average Bonchev–Trinajstić information content (AvgIpc) is 3.39. The summed E-state index contributed by atoms with van der Waals surface area (Å²) < 4.78 is 5.50. The van der Waals surface area contributed by atoms with Gasteiger partial charge in [0, 0.05) is 12.8 Å². The van der Waals surface area contributed by atoms with Crippen LogP contribution in [0.3, 0.4) is 0 Å². The van der Waals surface area contributed by atoms with Crippen LogP contribution < -0.4 is 5.32 Å². The Balaban J connectivity index is 3.37. The predicted octanol–water partition coefficient (Wildman–Crippen LogP) is 21.0. The number of ether oxygens (including phenoxy) is 1. The van der Waals surface area contributed by atoms with Crippen LogP contribution in [0.5, 0.6) is 0 Å². The van der Waals surface area contributed by atoms with E-state index in [2.05, 4.69) is 43.5 Å². The second-order valence-corrected chi connectivity index (χ2v) is 22.8. The Kier molecular flexibility index (Phi) is 61.4. The summed E-state index contributed by atoms with van der Waals surface area (Å²) >= 11 is 0. The molecule has 73 heavy (non-hydrogen) atoms. The highest BCUT2D eigenvalue weighted by atomic mass is 16.5. The van der Waals surface area contributed by atoms with Crippen molar-refractivity contribution >= 4 is 11.9 Å². The number of amides is 1. The zero-order valence-electron chi connectivity index (χ0n) is 49.4. The van der Waals surface area contributed by atoms with Gasteiger partial charge in [-0.25, -0.2) is 0 Å². The van der Waals surface area contributed by atoms with Gasteiger partial charge in [0.2, 0.25) is 5.91 Å². The summed E-state index contributed by atoms with van der Waals surface area (Å²) in [6, 6.07) is -0.542. The minimum Gasteiger partial charge on any atom is -0.466 e. The number of unbranched alkanes of at least 4 members (excludes halogenated alkanes) is 47. The molecule has 0 saturated heterocycles. The second kappa shape index (κ2) is 62.9. The summed E-state index contributed by atoms with van der Waals surface area (Å²) in [5, 5.41) is 23.3. The number of allylic oxidation sites excluding steroid dienone is 4. The molecule has 0 heterocycles. The first kappa shape index (κ1) is 71.3. The molecule has 0 aromatic heterocycles. The van der Waals surface area contributed by atoms with Crippen molar-refractivity contribution in [3.63, 3.8) is 0 Å². The maximum absolute atomic E-state index is 12.5. The second-order valence-electron chi connectivity index (χ2n) is 22.8. The monoisotopic (exact) mass is 1030 g/mol. The van der Waals surface area contributed by atoms with Crippen LogP contribution in [-0.2, 0) is 14.3 Å². The van der Waals surface area contributed by atoms with Crippen LogP contribution in [0, 0.1) is 0 Å². The molecular weight excluding hydrogens is 899 g/mol. The number of esters is 1. The van der Waals surface area contributed by atoms with E-state index in [0.29, 0.717) is 25.9 Å². The Bertz CT molecular complexity index is 1140. The van der Waals surface area contributed by atoms with Crippen LogP contribution in [0.25, 0.3) is 0 Å². The van der Waals surface area contributed by atoms with Gasteiger partial charge in [-0.3, -0.25) is 9.59 Å². The first-order valence-electron chi connectivity index (χ1n) is 33.1. The number of nitrogens with one attached hydrogen (secondary N) is 1. The van der Waals surface area contributed by atoms with Gasteiger partial charge in [-0.05, 0) is 77.0 Å². The van der Waals surface area contributed by atoms with E-state index in [0.717, 1.165) is 44.9 Å². The van der Waals surface area contributed by atoms with Crippen molar-refractivity contribution in [3.05, 3.63) is 24.3 Å². The molecule has 0 saturated carbocycles. The van der Waals surface area contributed by atoms with Crippen molar-refractivity contribution in [1.29, 1.82) is 0 Å². The average molecular weight is 1030 g/mol. The Hall–Kier alpha value is -1.66. The van der Waals surface area contributed by atoms with Crippen LogP contribution in [0.2, 0.25) is 0 Å². The topological polar surface area (TPSA) is 95.9 Å². The fraction of sp³-hybridized carbons (Fsp3) is 0.910. The highest BCUT2D eigenvalue weighted by Gasteiger charge is 2.20. The molecule has 0 fully saturated rings. The van der Waals surface area contributed by atoms with Gasteiger partial charge in [0.1, 0.15) is 0 Å². The maximum atomic E-state index is 12.5. The summed E-state index contributed by atoms with van der Waals surface area (Å²) in [5.74, 6) is -0.0239. The Morgan fingerprint density at radius 3 is 0.973 bits per heavy atom. The number of hydrogen-bond acceptors (Lipinski definition) is 5. The lowest BCUT2D eigenvalue weighted by molar-refractivity contribution is -0.143. The molecular formula is C67H129NO5. The fourth-order valence-corrected chi connectivity index (χ4v) is 10.4. The van der Waals surface area contributed by atoms with E-state index in [1.165, 1.54) is 289 Å². The van der Waals surface area contributed by atoms with Crippen molar-refractivity contribution < 1.29 is 24.5 Å². The van der Waals surface area contributed by atoms with Gasteiger partial charge >= 0.3 is 5.97 Å². The third kappa shape index (κ3) is 59.4. The highest BCUT2D eigenvalue weighted by Crippen LogP contribution is 2.18. The van der Waals surface area contributed by atoms with Crippen LogP contribution in [0.15, 0.2) is 24.3 Å². The molecule has 0 rings (SSSR count). The standard InChI is InChI=1S/C67H129NO5/c1-3-5-7-9-11-13-15-17-18-29-33-37-41-45-49-53-57-61-67(72)73-62-58-54-50-46-42-38-34-31-28-26-24-22-20-19-21-23-25-27-30-32-36-40-44-48-52-56-60-66(71)68-64(63-69)65(70)59-55-51-47-43-39-35-16-14-12-10-8-6-4-2/h17-19,21,64-65,69-70H,3-16,20,22-63H2,1-2H3,(H,68,71)/b18-17-,21-19-. The minimum atomic E-state index is -0.664. The van der Waals surface area contributed by atoms with Crippen molar-refractivity contribution in [3.8, 4) is 0 Å². The molecule has 2 unspecified atom stereocenters. The van der Waals surface area contributed by atoms with E-state index in [-0.39, 0.29) is 18.5 Å². The fourth-order valence-electron chi connectivity index (χ4n) is 10.4. The SMILES string of the molecule is CCCCCCCC/C=C\CCCCCCCCCC(=O)OCCCCCCCCCCCCCC/C=C\CCCCCCCCCCCCC(=O)NC(CO)C(O)CCCCCCCCCCCCCCC. The van der Waals surface area contributed by atoms with Crippen LogP contribution >= 0.6 is 0 Å². The lowest BCUT2D eigenvalue weighted by Crippen LogP contribution is -2.45. The number of rotatable bonds is 62. The Morgan fingerprint density at radius 1 is 0.370 bits per heavy atom. The molecule has 0 aliphatic heterocycles. The van der Waals surface area contributed by atoms with Gasteiger partial charge in [0.05, 0.1) is 25.4 Å². The lowest BCUT2D eigenvalue weighted by atomic mass is 10.0. The van der Waals surface area contributed by atoms with Crippen molar-refractivity contribution in [2.75, 3.05) is 13.2 Å². The van der Waals surface area contributed by atoms with E-state index in [4.69, 9.17) is 4.74 Å². The van der Waals surface area contributed by atoms with E-state index >= 15 is 0 Å². The van der Waals surface area contributed by atoms with Crippen LogP contribution in [0.1, 0.15) is 367 Å². The molecule has 0 spiro atoms. The van der Waals surface area contributed by atoms with Crippen molar-refractivity contribution in [2.24, 2.45) is 0 Å². The zero-order chi connectivity index (χ0) is 52.9. The molecule has 0 aliphatic rings. The number of aliphatic hydroxyl groups excluding tert-OH is 2. The quantitative estimate of drug-likeness (QED) is 0.0320. The Labute approximate surface area is 456 Å². The predicted molar refractivity (Wildman–Crippen MR) is 320 cm³/mol. The number of carbonyl (C=O) groups is 2. The van der Waals surface area contributed by atoms with Crippen molar-refractivity contribution in [2.45, 2.75) is 379 Å². The minimum absolute atomic E-state index is 0.0115. The summed E-state index contributed by atoms with van der Waals surface area (Å²) in [5.41, 5.74) is 0. The number of carbonyl (C=O) groups excluding carboxylic acids is 2. The van der Waals surface area contributed by atoms with Gasteiger partial charge in [-0.15, -0.1) is 0 Å². The molecule has 1 amide bonds. The number of hydrogen-bond donors (Lipinski definition) is 3. The molecule has 0 aliphatic carbocycles. The largest absolute Gasteiger partial charge is 0.466 e. The van der Waals surface area contributed by atoms with Crippen LogP contribution in [0.4, 0.5) is 0 Å². The van der Waals surface area contributed by atoms with Gasteiger partial charge in [0.15, 0.2) is 0 Å². The highest BCUT2D eigenvalue weighted by molar-refractivity contribution is 5.76. The van der Waals surface area contributed by atoms with Crippen molar-refractivity contribution in [1.82, 2.24) is 5.32 Å². The molecule has 0 bridgehead atoms. The molecule has 6 nitrogen and oxygen atoms in total. The van der Waals surface area contributed by atoms with Gasteiger partial charge in [0.25, 0.3) is 0 Å². The molecule has 6 heteroatoms. The normalized spacial score (nSPS) is 12.7. The van der Waals surface area contributed by atoms with E-state index < -0.39 is 12.1 Å². The number of aliphatic hydroxyl groups is 2. The smallest absolute Gasteiger partial charge is 0.305 e. The zero-order valence-corrected chi connectivity index (χ0v) is 49.4. The third-order valence-corrected chi connectivity index (χ3v) is 15.5. The van der Waals surface area contributed by atoms with Crippen LogP contribution in [-0.4, -0.2) is 47.4 Å². The first-order valence-corrected chi connectivity index (χ1v) is 33.1. The molecule has 2 atom stereocenters. The van der Waals surface area contributed by atoms with Gasteiger partial charge in [-0.2, -0.15) is 0 Å². The van der Waals surface area contributed by atoms with E-state index in [1.807, 2.05) is 0 Å². The maximum Gasteiger partial charge on any atom is 0.305 e. The Morgan fingerprint density at radius 2 is 0.644 bits per heavy atom. The van der Waals surface area contributed by atoms with E-state index in [1.54, 1.807) is 0 Å². The van der Waals surface area contributed by atoms with Gasteiger partial charge in [-0.1, -0.05) is 301 Å². The summed E-state index contributed by atoms with van der Waals surface area (Å²) in [7, 11) is 0. The summed E-state index contributed by atoms with van der Waals surface area (Å²) in [4.78, 5) is 24.6. The molecule has 0 radical (unpaired) electrons. The molecule has 0 aromatic carbocycles. The lowest BCUT2D eigenvalue weighted by Gasteiger charge is -2.22. The molecule has 432 valence electrons. The van der Waals surface area contributed by atoms with E-state index in [9.17, 15) is 19.8 Å². The van der Waals surface area contributed by atoms with Gasteiger partial charge < -0.3 is 20.3 Å². The molecule has 3 N–H and O–H groups in total.